The van der Waals surface area contributed by atoms with Crippen molar-refractivity contribution in [3.8, 4) is 0 Å². The van der Waals surface area contributed by atoms with E-state index in [-0.39, 0.29) is 17.9 Å². The number of piperidine rings is 1. The summed E-state index contributed by atoms with van der Waals surface area (Å²) in [6, 6.07) is 8.02. The summed E-state index contributed by atoms with van der Waals surface area (Å²) in [6.45, 7) is 3.91. The van der Waals surface area contributed by atoms with Crippen LogP contribution in [0.4, 0.5) is 22.1 Å². The molecule has 3 N–H and O–H groups in total. The maximum atomic E-state index is 12.8. The minimum absolute atomic E-state index is 0.0383. The van der Waals surface area contributed by atoms with E-state index in [1.54, 1.807) is 13.1 Å². The Labute approximate surface area is 199 Å². The largest absolute Gasteiger partial charge is 0.358 e. The molecule has 2 fully saturated rings. The van der Waals surface area contributed by atoms with Crippen LogP contribution in [0, 0.1) is 0 Å². The number of likely N-dealkylation sites (tertiary alicyclic amines) is 2. The molecule has 2 aromatic rings. The number of fused-ring (bicyclic) bond motifs is 1. The van der Waals surface area contributed by atoms with E-state index in [4.69, 9.17) is 0 Å². The average Bonchev–Trinajstić information content (AvgIpc) is 3.55. The Bertz CT molecular complexity index is 1090. The molecule has 9 heteroatoms. The van der Waals surface area contributed by atoms with Gasteiger partial charge in [-0.15, -0.1) is 0 Å². The van der Waals surface area contributed by atoms with Crippen LogP contribution in [0.25, 0.3) is 6.08 Å². The molecule has 1 aromatic carbocycles. The highest BCUT2D eigenvalue weighted by Crippen LogP contribution is 2.36. The molecule has 2 saturated heterocycles. The number of hydrogen-bond acceptors (Lipinski definition) is 6. The maximum Gasteiger partial charge on any atom is 0.323 e. The van der Waals surface area contributed by atoms with Crippen molar-refractivity contribution in [3.63, 3.8) is 0 Å². The van der Waals surface area contributed by atoms with Crippen LogP contribution in [0.3, 0.4) is 0 Å². The average molecular weight is 462 g/mol. The molecular formula is C25H31N7O2. The molecule has 5 rings (SSSR count). The van der Waals surface area contributed by atoms with Crippen LogP contribution >= 0.6 is 0 Å². The van der Waals surface area contributed by atoms with Crippen LogP contribution in [0.5, 0.6) is 0 Å². The third-order valence-corrected chi connectivity index (χ3v) is 7.03. The summed E-state index contributed by atoms with van der Waals surface area (Å²) in [5.41, 5.74) is 2.76. The van der Waals surface area contributed by atoms with Crippen molar-refractivity contribution in [3.05, 3.63) is 47.8 Å². The lowest BCUT2D eigenvalue weighted by Gasteiger charge is -2.36. The first-order valence-electron chi connectivity index (χ1n) is 12.0. The lowest BCUT2D eigenvalue weighted by molar-refractivity contribution is -0.121. The van der Waals surface area contributed by atoms with E-state index in [9.17, 15) is 9.59 Å². The van der Waals surface area contributed by atoms with Crippen molar-refractivity contribution in [1.82, 2.24) is 25.1 Å². The predicted octanol–water partition coefficient (Wildman–Crippen LogP) is 3.17. The molecule has 1 aromatic heterocycles. The van der Waals surface area contributed by atoms with Gasteiger partial charge in [-0.1, -0.05) is 24.3 Å². The van der Waals surface area contributed by atoms with Crippen LogP contribution in [0.1, 0.15) is 42.7 Å². The van der Waals surface area contributed by atoms with E-state index in [0.717, 1.165) is 42.7 Å². The highest BCUT2D eigenvalue weighted by atomic mass is 16.2. The van der Waals surface area contributed by atoms with Gasteiger partial charge in [-0.2, -0.15) is 0 Å². The number of urea groups is 1. The topological polar surface area (TPSA) is 102 Å². The lowest BCUT2D eigenvalue weighted by atomic mass is 9.99. The Kier molecular flexibility index (Phi) is 6.44. The molecule has 1 unspecified atom stereocenters. The number of nitrogens with zero attached hydrogens (tertiary/aromatic N) is 4. The van der Waals surface area contributed by atoms with E-state index in [1.165, 1.54) is 32.3 Å². The number of carbonyl (C=O) groups excluding carboxylic acids is 2. The van der Waals surface area contributed by atoms with Gasteiger partial charge in [0.25, 0.3) is 0 Å². The van der Waals surface area contributed by atoms with Gasteiger partial charge in [-0.05, 0) is 50.4 Å². The van der Waals surface area contributed by atoms with E-state index >= 15 is 0 Å². The van der Waals surface area contributed by atoms with Gasteiger partial charge < -0.3 is 20.4 Å². The smallest absolute Gasteiger partial charge is 0.323 e. The number of anilines is 3. The molecule has 0 saturated carbocycles. The molecule has 0 bridgehead atoms. The summed E-state index contributed by atoms with van der Waals surface area (Å²) >= 11 is 0. The molecule has 1 aliphatic carbocycles. The first-order valence-corrected chi connectivity index (χ1v) is 12.0. The second kappa shape index (κ2) is 9.80. The van der Waals surface area contributed by atoms with Crippen LogP contribution in [-0.4, -0.2) is 71.0 Å². The summed E-state index contributed by atoms with van der Waals surface area (Å²) < 4.78 is 0. The summed E-state index contributed by atoms with van der Waals surface area (Å²) in [7, 11) is 1.64. The van der Waals surface area contributed by atoms with E-state index < -0.39 is 0 Å². The third kappa shape index (κ3) is 4.61. The summed E-state index contributed by atoms with van der Waals surface area (Å²) in [4.78, 5) is 38.0. The number of hydrogen-bond donors (Lipinski definition) is 3. The molecule has 0 radical (unpaired) electrons. The monoisotopic (exact) mass is 461 g/mol. The number of aromatic nitrogens is 2. The molecule has 2 aliphatic heterocycles. The number of nitrogens with one attached hydrogen (secondary N) is 3. The highest BCUT2D eigenvalue weighted by molar-refractivity contribution is 5.93. The fraction of sp³-hybridized carbons (Fsp3) is 0.440. The fourth-order valence-electron chi connectivity index (χ4n) is 5.19. The standard InChI is InChI=1S/C25H31N7O2/c1-26-24(33)20-8-7-19-18(20)5-4-6-21(19)29-22-15-23(28-16-27-22)30-25(34)32-13-9-17(10-14-32)31-11-2-3-12-31/h4-8,15-17,20H,2-3,9-14H2,1H3,(H,26,33)(H2,27,28,29,30,34). The Morgan fingerprint density at radius 3 is 2.56 bits per heavy atom. The second-order valence-corrected chi connectivity index (χ2v) is 9.06. The first-order chi connectivity index (χ1) is 16.6. The zero-order valence-corrected chi connectivity index (χ0v) is 19.5. The SMILES string of the molecule is CNC(=O)C1C=Cc2c(Nc3cc(NC(=O)N4CCC(N5CCCC5)CC4)ncn3)cccc21. The van der Waals surface area contributed by atoms with Crippen LogP contribution < -0.4 is 16.0 Å². The minimum Gasteiger partial charge on any atom is -0.358 e. The number of rotatable bonds is 5. The van der Waals surface area contributed by atoms with Crippen LogP contribution in [-0.2, 0) is 4.79 Å². The van der Waals surface area contributed by atoms with E-state index in [2.05, 4.69) is 30.8 Å². The number of amides is 3. The van der Waals surface area contributed by atoms with Gasteiger partial charge in [0.15, 0.2) is 0 Å². The molecule has 34 heavy (non-hydrogen) atoms. The summed E-state index contributed by atoms with van der Waals surface area (Å²) in [5.74, 6) is 0.694. The van der Waals surface area contributed by atoms with Crippen molar-refractivity contribution in [1.29, 1.82) is 0 Å². The molecule has 3 aliphatic rings. The number of benzene rings is 1. The zero-order chi connectivity index (χ0) is 23.5. The lowest BCUT2D eigenvalue weighted by Crippen LogP contribution is -2.47. The third-order valence-electron chi connectivity index (χ3n) is 7.03. The van der Waals surface area contributed by atoms with E-state index in [0.29, 0.717) is 17.7 Å². The molecule has 9 nitrogen and oxygen atoms in total. The highest BCUT2D eigenvalue weighted by Gasteiger charge is 2.28. The maximum absolute atomic E-state index is 12.8. The quantitative estimate of drug-likeness (QED) is 0.632. The molecule has 3 heterocycles. The fourth-order valence-corrected chi connectivity index (χ4v) is 5.19. The molecule has 1 atom stereocenters. The normalized spacial score (nSPS) is 20.3. The van der Waals surface area contributed by atoms with Gasteiger partial charge in [0.2, 0.25) is 5.91 Å². The zero-order valence-electron chi connectivity index (χ0n) is 19.5. The van der Waals surface area contributed by atoms with Crippen molar-refractivity contribution in [2.75, 3.05) is 43.9 Å². The molecule has 0 spiro atoms. The van der Waals surface area contributed by atoms with Gasteiger partial charge in [0, 0.05) is 43.5 Å². The summed E-state index contributed by atoms with van der Waals surface area (Å²) in [6.07, 6.45) is 9.91. The Morgan fingerprint density at radius 2 is 1.79 bits per heavy atom. The van der Waals surface area contributed by atoms with Gasteiger partial charge in [0.1, 0.15) is 18.0 Å². The first kappa shape index (κ1) is 22.3. The van der Waals surface area contributed by atoms with Crippen LogP contribution in [0.15, 0.2) is 36.7 Å². The Morgan fingerprint density at radius 1 is 1.03 bits per heavy atom. The molecule has 3 amide bonds. The van der Waals surface area contributed by atoms with Crippen LogP contribution in [0.2, 0.25) is 0 Å². The minimum atomic E-state index is -0.295. The van der Waals surface area contributed by atoms with Crippen molar-refractivity contribution in [2.24, 2.45) is 0 Å². The van der Waals surface area contributed by atoms with E-state index in [1.807, 2.05) is 35.3 Å². The Balaban J connectivity index is 1.21. The van der Waals surface area contributed by atoms with Crippen molar-refractivity contribution < 1.29 is 9.59 Å². The molecular weight excluding hydrogens is 430 g/mol. The predicted molar refractivity (Wildman–Crippen MR) is 132 cm³/mol. The number of carbonyl (C=O) groups is 2. The van der Waals surface area contributed by atoms with Crippen molar-refractivity contribution in [2.45, 2.75) is 37.6 Å². The van der Waals surface area contributed by atoms with Gasteiger partial charge in [-0.3, -0.25) is 10.1 Å². The van der Waals surface area contributed by atoms with Gasteiger partial charge >= 0.3 is 6.03 Å². The number of likely N-dealkylation sites (N-methyl/N-ethyl adjacent to an activating group) is 1. The van der Waals surface area contributed by atoms with Crippen molar-refractivity contribution >= 4 is 35.3 Å². The van der Waals surface area contributed by atoms with Gasteiger partial charge in [-0.25, -0.2) is 14.8 Å². The van der Waals surface area contributed by atoms with Gasteiger partial charge in [0.05, 0.1) is 5.92 Å². The molecule has 178 valence electrons. The Hall–Kier alpha value is -3.46. The second-order valence-electron chi connectivity index (χ2n) is 9.06. The summed E-state index contributed by atoms with van der Waals surface area (Å²) in [5, 5.41) is 8.94.